The molecule has 0 spiro atoms. The highest BCUT2D eigenvalue weighted by atomic mass is 32.2. The van der Waals surface area contributed by atoms with Gasteiger partial charge in [-0.25, -0.2) is 17.4 Å². The lowest BCUT2D eigenvalue weighted by Crippen LogP contribution is -2.13. The molecule has 2 aromatic heterocycles. The molecular formula is C22H17N3O2S. The standard InChI is InChI=1S/C22H17N3O2S/c1-14-8-10-16(11-9-14)28(26,27)25-21-17-6-3-2-5-15(17)13-19(23)20(21)18-7-4-12-24-22(18)25/h2-13H,23H2,1H3. The maximum Gasteiger partial charge on any atom is 0.269 e. The van der Waals surface area contributed by atoms with Crippen molar-refractivity contribution in [3.63, 3.8) is 0 Å². The van der Waals surface area contributed by atoms with Crippen molar-refractivity contribution in [2.24, 2.45) is 0 Å². The number of rotatable bonds is 2. The molecule has 28 heavy (non-hydrogen) atoms. The zero-order valence-corrected chi connectivity index (χ0v) is 15.9. The van der Waals surface area contributed by atoms with E-state index in [-0.39, 0.29) is 4.90 Å². The van der Waals surface area contributed by atoms with Gasteiger partial charge in [0.25, 0.3) is 10.0 Å². The highest BCUT2D eigenvalue weighted by Gasteiger charge is 2.26. The summed E-state index contributed by atoms with van der Waals surface area (Å²) in [5.41, 5.74) is 8.83. The molecule has 0 saturated carbocycles. The van der Waals surface area contributed by atoms with Gasteiger partial charge in [0.1, 0.15) is 0 Å². The number of benzene rings is 3. The Morgan fingerprint density at radius 1 is 0.929 bits per heavy atom. The Kier molecular flexibility index (Phi) is 3.48. The molecule has 3 aromatic carbocycles. The number of anilines is 1. The number of nitrogen functional groups attached to an aromatic ring is 1. The zero-order valence-electron chi connectivity index (χ0n) is 15.1. The highest BCUT2D eigenvalue weighted by molar-refractivity contribution is 7.90. The van der Waals surface area contributed by atoms with Crippen LogP contribution in [0.25, 0.3) is 32.7 Å². The van der Waals surface area contributed by atoms with E-state index >= 15 is 0 Å². The van der Waals surface area contributed by atoms with E-state index in [9.17, 15) is 8.42 Å². The molecule has 0 amide bonds. The number of aryl methyl sites for hydroxylation is 1. The molecule has 0 saturated heterocycles. The first-order chi connectivity index (χ1) is 13.5. The van der Waals surface area contributed by atoms with E-state index in [2.05, 4.69) is 4.98 Å². The average molecular weight is 387 g/mol. The molecule has 0 radical (unpaired) electrons. The molecule has 0 fully saturated rings. The Bertz CT molecular complexity index is 1480. The molecule has 2 N–H and O–H groups in total. The first kappa shape index (κ1) is 16.8. The van der Waals surface area contributed by atoms with Crippen LogP contribution in [0.5, 0.6) is 0 Å². The first-order valence-corrected chi connectivity index (χ1v) is 10.3. The van der Waals surface area contributed by atoms with Gasteiger partial charge in [-0.05, 0) is 42.6 Å². The van der Waals surface area contributed by atoms with Gasteiger partial charge in [0.05, 0.1) is 10.4 Å². The van der Waals surface area contributed by atoms with Crippen molar-refractivity contribution in [2.45, 2.75) is 11.8 Å². The number of hydrogen-bond donors (Lipinski definition) is 1. The summed E-state index contributed by atoms with van der Waals surface area (Å²) in [4.78, 5) is 4.62. The van der Waals surface area contributed by atoms with Gasteiger partial charge in [0.15, 0.2) is 5.65 Å². The van der Waals surface area contributed by atoms with Gasteiger partial charge in [-0.15, -0.1) is 0 Å². The molecule has 5 aromatic rings. The van der Waals surface area contributed by atoms with E-state index in [1.54, 1.807) is 36.5 Å². The van der Waals surface area contributed by atoms with Crippen LogP contribution in [-0.2, 0) is 10.0 Å². The molecule has 0 aliphatic carbocycles. The second kappa shape index (κ2) is 5.81. The van der Waals surface area contributed by atoms with Crippen LogP contribution in [0.15, 0.2) is 77.8 Å². The van der Waals surface area contributed by atoms with E-state index in [1.807, 2.05) is 43.3 Å². The van der Waals surface area contributed by atoms with Gasteiger partial charge in [-0.1, -0.05) is 42.0 Å². The fourth-order valence-electron chi connectivity index (χ4n) is 3.75. The Balaban J connectivity index is 2.04. The van der Waals surface area contributed by atoms with Crippen LogP contribution in [0, 0.1) is 6.92 Å². The quantitative estimate of drug-likeness (QED) is 0.453. The van der Waals surface area contributed by atoms with Crippen molar-refractivity contribution in [3.8, 4) is 0 Å². The minimum Gasteiger partial charge on any atom is -0.398 e. The van der Waals surface area contributed by atoms with E-state index < -0.39 is 10.0 Å². The number of fused-ring (bicyclic) bond motifs is 5. The van der Waals surface area contributed by atoms with Crippen LogP contribution < -0.4 is 5.73 Å². The molecule has 5 nitrogen and oxygen atoms in total. The predicted octanol–water partition coefficient (Wildman–Crippen LogP) is 4.47. The van der Waals surface area contributed by atoms with Crippen LogP contribution in [0.4, 0.5) is 5.69 Å². The SMILES string of the molecule is Cc1ccc(S(=O)(=O)n2c3ncccc3c3c(N)cc4ccccc4c32)cc1. The molecule has 5 rings (SSSR count). The summed E-state index contributed by atoms with van der Waals surface area (Å²) < 4.78 is 28.7. The summed E-state index contributed by atoms with van der Waals surface area (Å²) in [5.74, 6) is 0. The molecule has 138 valence electrons. The fraction of sp³-hybridized carbons (Fsp3) is 0.0455. The van der Waals surface area contributed by atoms with Gasteiger partial charge < -0.3 is 5.73 Å². The number of aromatic nitrogens is 2. The van der Waals surface area contributed by atoms with Crippen molar-refractivity contribution >= 4 is 48.4 Å². The van der Waals surface area contributed by atoms with Gasteiger partial charge in [0.2, 0.25) is 0 Å². The highest BCUT2D eigenvalue weighted by Crippen LogP contribution is 2.39. The normalized spacial score (nSPS) is 12.2. The van der Waals surface area contributed by atoms with E-state index in [0.29, 0.717) is 22.2 Å². The largest absolute Gasteiger partial charge is 0.398 e. The van der Waals surface area contributed by atoms with Crippen LogP contribution in [-0.4, -0.2) is 17.4 Å². The lowest BCUT2D eigenvalue weighted by Gasteiger charge is -2.11. The van der Waals surface area contributed by atoms with E-state index in [0.717, 1.165) is 21.7 Å². The molecule has 6 heteroatoms. The molecule has 2 heterocycles. The second-order valence-electron chi connectivity index (χ2n) is 6.87. The summed E-state index contributed by atoms with van der Waals surface area (Å²) in [6.45, 7) is 1.92. The van der Waals surface area contributed by atoms with Crippen LogP contribution >= 0.6 is 0 Å². The Morgan fingerprint density at radius 3 is 2.43 bits per heavy atom. The van der Waals surface area contributed by atoms with Crippen molar-refractivity contribution < 1.29 is 8.42 Å². The number of hydrogen-bond acceptors (Lipinski definition) is 4. The van der Waals surface area contributed by atoms with Gasteiger partial charge in [-0.2, -0.15) is 0 Å². The minimum absolute atomic E-state index is 0.217. The molecule has 0 atom stereocenters. The van der Waals surface area contributed by atoms with Crippen molar-refractivity contribution in [3.05, 3.63) is 78.5 Å². The monoisotopic (exact) mass is 387 g/mol. The smallest absolute Gasteiger partial charge is 0.269 e. The van der Waals surface area contributed by atoms with Crippen LogP contribution in [0.3, 0.4) is 0 Å². The third kappa shape index (κ3) is 2.25. The Hall–Kier alpha value is -3.38. The number of nitrogens with two attached hydrogens (primary N) is 1. The minimum atomic E-state index is -3.88. The van der Waals surface area contributed by atoms with Crippen molar-refractivity contribution in [2.75, 3.05) is 5.73 Å². The molecule has 0 aliphatic heterocycles. The fourth-order valence-corrected chi connectivity index (χ4v) is 5.25. The van der Waals surface area contributed by atoms with E-state index in [4.69, 9.17) is 5.73 Å². The van der Waals surface area contributed by atoms with Gasteiger partial charge >= 0.3 is 0 Å². The summed E-state index contributed by atoms with van der Waals surface area (Å²) in [7, 11) is -3.88. The Morgan fingerprint density at radius 2 is 1.64 bits per heavy atom. The summed E-state index contributed by atoms with van der Waals surface area (Å²) in [6, 6.07) is 20.0. The summed E-state index contributed by atoms with van der Waals surface area (Å²) in [5, 5.41) is 3.13. The number of pyridine rings is 1. The van der Waals surface area contributed by atoms with Crippen molar-refractivity contribution in [1.29, 1.82) is 0 Å². The molecular weight excluding hydrogens is 370 g/mol. The maximum absolute atomic E-state index is 13.7. The van der Waals surface area contributed by atoms with Gasteiger partial charge in [0, 0.05) is 28.0 Å². The zero-order chi connectivity index (χ0) is 19.5. The average Bonchev–Trinajstić information content (AvgIpc) is 3.05. The summed E-state index contributed by atoms with van der Waals surface area (Å²) >= 11 is 0. The van der Waals surface area contributed by atoms with E-state index in [1.165, 1.54) is 3.97 Å². The lowest BCUT2D eigenvalue weighted by atomic mass is 10.0. The third-order valence-electron chi connectivity index (χ3n) is 5.06. The molecule has 0 bridgehead atoms. The predicted molar refractivity (Wildman–Crippen MR) is 113 cm³/mol. The van der Waals surface area contributed by atoms with Crippen molar-refractivity contribution in [1.82, 2.24) is 8.96 Å². The van der Waals surface area contributed by atoms with Crippen LogP contribution in [0.2, 0.25) is 0 Å². The molecule has 0 aliphatic rings. The second-order valence-corrected chi connectivity index (χ2v) is 8.65. The molecule has 0 unspecified atom stereocenters. The number of nitrogens with zero attached hydrogens (tertiary/aromatic N) is 2. The summed E-state index contributed by atoms with van der Waals surface area (Å²) in [6.07, 6.45) is 1.60. The van der Waals surface area contributed by atoms with Gasteiger partial charge in [-0.3, -0.25) is 0 Å². The lowest BCUT2D eigenvalue weighted by molar-refractivity contribution is 0.590. The topological polar surface area (TPSA) is 78.0 Å². The maximum atomic E-state index is 13.7. The van der Waals surface area contributed by atoms with Crippen LogP contribution in [0.1, 0.15) is 5.56 Å². The third-order valence-corrected chi connectivity index (χ3v) is 6.77. The first-order valence-electron chi connectivity index (χ1n) is 8.87. The Labute approximate surface area is 162 Å².